The fraction of sp³-hybridized carbons (Fsp3) is 1.00. The average Bonchev–Trinajstić information content (AvgIpc) is 2.94. The summed E-state index contributed by atoms with van der Waals surface area (Å²) in [5, 5.41) is 3.47. The van der Waals surface area contributed by atoms with Gasteiger partial charge in [0.15, 0.2) is 0 Å². The van der Waals surface area contributed by atoms with Crippen LogP contribution in [0.25, 0.3) is 0 Å². The van der Waals surface area contributed by atoms with Gasteiger partial charge in [0.1, 0.15) is 0 Å². The first-order valence-electron chi connectivity index (χ1n) is 7.20. The first-order chi connectivity index (χ1) is 8.43. The van der Waals surface area contributed by atoms with E-state index in [0.29, 0.717) is 0 Å². The summed E-state index contributed by atoms with van der Waals surface area (Å²) in [5.74, 6) is 2.77. The number of piperazine rings is 1. The van der Waals surface area contributed by atoms with Gasteiger partial charge in [-0.2, -0.15) is 11.8 Å². The van der Waals surface area contributed by atoms with Gasteiger partial charge in [-0.25, -0.2) is 0 Å². The molecular weight excluding hydrogens is 230 g/mol. The van der Waals surface area contributed by atoms with Gasteiger partial charge < -0.3 is 5.32 Å². The summed E-state index contributed by atoms with van der Waals surface area (Å²) in [4.78, 5) is 5.50. The van der Waals surface area contributed by atoms with Gasteiger partial charge in [-0.05, 0) is 38.1 Å². The van der Waals surface area contributed by atoms with Crippen molar-refractivity contribution >= 4 is 11.8 Å². The van der Waals surface area contributed by atoms with Crippen LogP contribution in [0.5, 0.6) is 0 Å². The van der Waals surface area contributed by atoms with Gasteiger partial charge in [0.25, 0.3) is 0 Å². The van der Waals surface area contributed by atoms with Crippen molar-refractivity contribution in [1.29, 1.82) is 0 Å². The smallest absolute Gasteiger partial charge is 0.0195 e. The quantitative estimate of drug-likeness (QED) is 0.788. The van der Waals surface area contributed by atoms with Gasteiger partial charge in [0.2, 0.25) is 0 Å². The largest absolute Gasteiger partial charge is 0.317 e. The summed E-state index contributed by atoms with van der Waals surface area (Å²) in [6.07, 6.45) is 4.15. The summed E-state index contributed by atoms with van der Waals surface area (Å²) in [5.41, 5.74) is 0. The molecule has 3 aliphatic heterocycles. The van der Waals surface area contributed by atoms with E-state index < -0.39 is 0 Å². The highest BCUT2D eigenvalue weighted by Crippen LogP contribution is 2.24. The summed E-state index contributed by atoms with van der Waals surface area (Å²) in [6.45, 7) is 7.70. The highest BCUT2D eigenvalue weighted by atomic mass is 32.2. The van der Waals surface area contributed by atoms with Gasteiger partial charge in [0.05, 0.1) is 0 Å². The third kappa shape index (κ3) is 2.98. The second-order valence-electron chi connectivity index (χ2n) is 5.57. The minimum atomic E-state index is 0.872. The number of hydrogen-bond acceptors (Lipinski definition) is 4. The molecule has 17 heavy (non-hydrogen) atoms. The Morgan fingerprint density at radius 1 is 0.824 bits per heavy atom. The molecule has 98 valence electrons. The molecule has 0 spiro atoms. The molecule has 3 aliphatic rings. The average molecular weight is 255 g/mol. The third-order valence-corrected chi connectivity index (χ3v) is 5.74. The second-order valence-corrected chi connectivity index (χ2v) is 6.72. The fourth-order valence-electron chi connectivity index (χ4n) is 3.45. The van der Waals surface area contributed by atoms with Crippen LogP contribution in [0, 0.1) is 0 Å². The van der Waals surface area contributed by atoms with Crippen molar-refractivity contribution < 1.29 is 0 Å². The Labute approximate surface area is 109 Å². The second kappa shape index (κ2) is 5.91. The maximum absolute atomic E-state index is 3.47. The number of rotatable bonds is 2. The molecule has 0 aromatic carbocycles. The van der Waals surface area contributed by atoms with Crippen LogP contribution in [0.1, 0.15) is 19.3 Å². The van der Waals surface area contributed by atoms with E-state index in [1.54, 1.807) is 0 Å². The lowest BCUT2D eigenvalue weighted by atomic mass is 10.0. The minimum Gasteiger partial charge on any atom is -0.317 e. The van der Waals surface area contributed by atoms with Gasteiger partial charge in [0, 0.05) is 44.0 Å². The molecule has 0 saturated carbocycles. The molecule has 0 bridgehead atoms. The van der Waals surface area contributed by atoms with E-state index in [0.717, 1.165) is 12.1 Å². The molecular formula is C13H25N3S. The van der Waals surface area contributed by atoms with Crippen LogP contribution in [-0.2, 0) is 0 Å². The molecule has 0 radical (unpaired) electrons. The van der Waals surface area contributed by atoms with Crippen molar-refractivity contribution in [1.82, 2.24) is 15.1 Å². The molecule has 1 atom stereocenters. The normalized spacial score (nSPS) is 34.2. The van der Waals surface area contributed by atoms with Crippen LogP contribution in [-0.4, -0.2) is 72.7 Å². The fourth-order valence-corrected chi connectivity index (χ4v) is 4.70. The highest BCUT2D eigenvalue weighted by molar-refractivity contribution is 7.99. The molecule has 4 heteroatoms. The molecule has 0 aliphatic carbocycles. The first-order valence-corrected chi connectivity index (χ1v) is 8.35. The van der Waals surface area contributed by atoms with Crippen molar-refractivity contribution in [2.75, 3.05) is 50.8 Å². The monoisotopic (exact) mass is 255 g/mol. The molecule has 1 N–H and O–H groups in total. The lowest BCUT2D eigenvalue weighted by molar-refractivity contribution is 0.0645. The maximum Gasteiger partial charge on any atom is 0.0195 e. The van der Waals surface area contributed by atoms with Crippen LogP contribution in [0.4, 0.5) is 0 Å². The van der Waals surface area contributed by atoms with E-state index in [1.807, 2.05) is 0 Å². The van der Waals surface area contributed by atoms with Crippen molar-refractivity contribution in [2.24, 2.45) is 0 Å². The van der Waals surface area contributed by atoms with E-state index in [9.17, 15) is 0 Å². The van der Waals surface area contributed by atoms with Crippen molar-refractivity contribution in [3.63, 3.8) is 0 Å². The summed E-state index contributed by atoms with van der Waals surface area (Å²) in [7, 11) is 0. The SMILES string of the molecule is C1CC(N2CCN(C3CCSC3)CC2)CCN1. The maximum atomic E-state index is 3.47. The first kappa shape index (κ1) is 12.3. The van der Waals surface area contributed by atoms with Crippen LogP contribution in [0.15, 0.2) is 0 Å². The lowest BCUT2D eigenvalue weighted by Gasteiger charge is -2.42. The third-order valence-electron chi connectivity index (χ3n) is 4.60. The van der Waals surface area contributed by atoms with Gasteiger partial charge >= 0.3 is 0 Å². The molecule has 3 fully saturated rings. The molecule has 3 heterocycles. The van der Waals surface area contributed by atoms with Gasteiger partial charge in [-0.3, -0.25) is 9.80 Å². The minimum absolute atomic E-state index is 0.872. The highest BCUT2D eigenvalue weighted by Gasteiger charge is 2.29. The van der Waals surface area contributed by atoms with E-state index in [4.69, 9.17) is 0 Å². The standard InChI is InChI=1S/C13H25N3S/c1-4-14-5-2-12(1)15-6-8-16(9-7-15)13-3-10-17-11-13/h12-14H,1-11H2. The Balaban J connectivity index is 1.46. The summed E-state index contributed by atoms with van der Waals surface area (Å²) >= 11 is 2.14. The number of piperidine rings is 1. The van der Waals surface area contributed by atoms with Gasteiger partial charge in [-0.1, -0.05) is 0 Å². The van der Waals surface area contributed by atoms with Crippen molar-refractivity contribution in [2.45, 2.75) is 31.3 Å². The number of nitrogens with zero attached hydrogens (tertiary/aromatic N) is 2. The predicted molar refractivity (Wildman–Crippen MR) is 74.8 cm³/mol. The molecule has 1 unspecified atom stereocenters. The topological polar surface area (TPSA) is 18.5 Å². The van der Waals surface area contributed by atoms with Crippen LogP contribution >= 0.6 is 11.8 Å². The van der Waals surface area contributed by atoms with Crippen molar-refractivity contribution in [3.05, 3.63) is 0 Å². The zero-order valence-electron chi connectivity index (χ0n) is 10.7. The Hall–Kier alpha value is 0.230. The number of nitrogens with one attached hydrogen (secondary N) is 1. The summed E-state index contributed by atoms with van der Waals surface area (Å²) < 4.78 is 0. The summed E-state index contributed by atoms with van der Waals surface area (Å²) in [6, 6.07) is 1.77. The molecule has 3 rings (SSSR count). The van der Waals surface area contributed by atoms with Crippen molar-refractivity contribution in [3.8, 4) is 0 Å². The Bertz CT molecular complexity index is 229. The van der Waals surface area contributed by atoms with Crippen LogP contribution < -0.4 is 5.32 Å². The van der Waals surface area contributed by atoms with E-state index in [2.05, 4.69) is 26.9 Å². The van der Waals surface area contributed by atoms with Crippen LogP contribution in [0.2, 0.25) is 0 Å². The zero-order chi connectivity index (χ0) is 11.5. The zero-order valence-corrected chi connectivity index (χ0v) is 11.6. The van der Waals surface area contributed by atoms with Crippen LogP contribution in [0.3, 0.4) is 0 Å². The molecule has 3 saturated heterocycles. The number of hydrogen-bond donors (Lipinski definition) is 1. The number of thioether (sulfide) groups is 1. The molecule has 0 aromatic rings. The van der Waals surface area contributed by atoms with E-state index in [1.165, 1.54) is 70.0 Å². The lowest BCUT2D eigenvalue weighted by Crippen LogP contribution is -2.54. The van der Waals surface area contributed by atoms with E-state index >= 15 is 0 Å². The molecule has 0 aromatic heterocycles. The predicted octanol–water partition coefficient (Wildman–Crippen LogP) is 0.861. The Morgan fingerprint density at radius 2 is 1.47 bits per heavy atom. The molecule has 0 amide bonds. The van der Waals surface area contributed by atoms with Gasteiger partial charge in [-0.15, -0.1) is 0 Å². The molecule has 3 nitrogen and oxygen atoms in total. The Kier molecular flexibility index (Phi) is 4.27. The Morgan fingerprint density at radius 3 is 2.06 bits per heavy atom. The van der Waals surface area contributed by atoms with E-state index in [-0.39, 0.29) is 0 Å².